The molecule has 1 aromatic carbocycles. The van der Waals surface area contributed by atoms with Crippen molar-refractivity contribution >= 4 is 23.0 Å². The molecule has 3 aromatic rings. The van der Waals surface area contributed by atoms with Gasteiger partial charge in [0.2, 0.25) is 5.95 Å². The van der Waals surface area contributed by atoms with Crippen LogP contribution < -0.4 is 15.6 Å². The number of aromatic nitrogens is 4. The Labute approximate surface area is 143 Å². The summed E-state index contributed by atoms with van der Waals surface area (Å²) in [6, 6.07) is 7.59. The van der Waals surface area contributed by atoms with E-state index >= 15 is 0 Å². The number of hydrogen-bond acceptors (Lipinski definition) is 5. The molecular formula is C17H19N5O3. The first-order valence-electron chi connectivity index (χ1n) is 7.79. The maximum atomic E-state index is 12.0. The van der Waals surface area contributed by atoms with Crippen molar-refractivity contribution in [1.82, 2.24) is 19.9 Å². The number of carbonyl (C=O) groups excluding carboxylic acids is 1. The summed E-state index contributed by atoms with van der Waals surface area (Å²) in [7, 11) is 0. The Morgan fingerprint density at radius 2 is 1.96 bits per heavy atom. The molecule has 25 heavy (non-hydrogen) atoms. The summed E-state index contributed by atoms with van der Waals surface area (Å²) in [5.41, 5.74) is 1.30. The van der Waals surface area contributed by atoms with E-state index in [0.29, 0.717) is 11.4 Å². The standard InChI is InChI=1S/C17H19N5O3/c1-17(2,3)10-4-6-11(7-5-10)25-8-12(23)20-16-21-14-13(15(24)22-16)18-9-19-14/h4-7,9H,8H2,1-3H3,(H3,18,19,20,21,22,23,24). The lowest BCUT2D eigenvalue weighted by Gasteiger charge is -2.19. The summed E-state index contributed by atoms with van der Waals surface area (Å²) in [6.07, 6.45) is 1.36. The van der Waals surface area contributed by atoms with Crippen molar-refractivity contribution in [2.45, 2.75) is 26.2 Å². The van der Waals surface area contributed by atoms with Gasteiger partial charge in [0, 0.05) is 0 Å². The number of amides is 1. The molecule has 0 unspecified atom stereocenters. The number of hydrogen-bond donors (Lipinski definition) is 3. The van der Waals surface area contributed by atoms with Gasteiger partial charge in [0.05, 0.1) is 6.33 Å². The van der Waals surface area contributed by atoms with Gasteiger partial charge < -0.3 is 9.72 Å². The third kappa shape index (κ3) is 3.85. The third-order valence-corrected chi connectivity index (χ3v) is 3.64. The van der Waals surface area contributed by atoms with Crippen molar-refractivity contribution in [3.63, 3.8) is 0 Å². The first-order valence-corrected chi connectivity index (χ1v) is 7.79. The van der Waals surface area contributed by atoms with Gasteiger partial charge in [-0.25, -0.2) is 4.98 Å². The molecule has 8 heteroatoms. The van der Waals surface area contributed by atoms with E-state index in [1.54, 1.807) is 0 Å². The molecule has 0 fully saturated rings. The van der Waals surface area contributed by atoms with Crippen molar-refractivity contribution in [1.29, 1.82) is 0 Å². The second kappa shape index (κ2) is 6.39. The number of nitrogens with one attached hydrogen (secondary N) is 3. The van der Waals surface area contributed by atoms with Crippen molar-refractivity contribution in [3.05, 3.63) is 46.5 Å². The molecule has 1 amide bonds. The van der Waals surface area contributed by atoms with Gasteiger partial charge in [0.15, 0.2) is 17.8 Å². The maximum Gasteiger partial charge on any atom is 0.280 e. The summed E-state index contributed by atoms with van der Waals surface area (Å²) in [5, 5.41) is 2.49. The molecule has 2 heterocycles. The van der Waals surface area contributed by atoms with Crippen LogP contribution in [-0.4, -0.2) is 32.4 Å². The summed E-state index contributed by atoms with van der Waals surface area (Å²) in [5.74, 6) is 0.203. The van der Waals surface area contributed by atoms with Crippen LogP contribution in [0.3, 0.4) is 0 Å². The SMILES string of the molecule is CC(C)(C)c1ccc(OCC(=O)Nc2nc3[nH]cnc3c(=O)[nH]2)cc1. The summed E-state index contributed by atoms with van der Waals surface area (Å²) < 4.78 is 5.46. The van der Waals surface area contributed by atoms with Gasteiger partial charge in [-0.1, -0.05) is 32.9 Å². The Balaban J connectivity index is 1.61. The zero-order chi connectivity index (χ0) is 18.0. The molecule has 0 aliphatic carbocycles. The fraction of sp³-hybridized carbons (Fsp3) is 0.294. The lowest BCUT2D eigenvalue weighted by atomic mass is 9.87. The highest BCUT2D eigenvalue weighted by atomic mass is 16.5. The average molecular weight is 341 g/mol. The van der Waals surface area contributed by atoms with E-state index in [1.165, 1.54) is 11.9 Å². The fourth-order valence-corrected chi connectivity index (χ4v) is 2.27. The molecule has 0 atom stereocenters. The summed E-state index contributed by atoms with van der Waals surface area (Å²) >= 11 is 0. The van der Waals surface area contributed by atoms with Crippen LogP contribution in [0.2, 0.25) is 0 Å². The third-order valence-electron chi connectivity index (χ3n) is 3.64. The van der Waals surface area contributed by atoms with Crippen LogP contribution in [0.5, 0.6) is 5.75 Å². The van der Waals surface area contributed by atoms with E-state index in [-0.39, 0.29) is 23.5 Å². The Morgan fingerprint density at radius 1 is 1.24 bits per heavy atom. The number of rotatable bonds is 4. The molecule has 0 aliphatic rings. The number of nitrogens with zero attached hydrogens (tertiary/aromatic N) is 2. The predicted octanol–water partition coefficient (Wildman–Crippen LogP) is 1.96. The number of benzene rings is 1. The Hall–Kier alpha value is -3.16. The van der Waals surface area contributed by atoms with E-state index < -0.39 is 11.5 Å². The van der Waals surface area contributed by atoms with Crippen LogP contribution >= 0.6 is 0 Å². The Bertz CT molecular complexity index is 951. The molecule has 0 saturated carbocycles. The van der Waals surface area contributed by atoms with Crippen LogP contribution in [-0.2, 0) is 10.2 Å². The number of ether oxygens (including phenoxy) is 1. The second-order valence-electron chi connectivity index (χ2n) is 6.63. The quantitative estimate of drug-likeness (QED) is 0.671. The topological polar surface area (TPSA) is 113 Å². The first-order chi connectivity index (χ1) is 11.8. The first kappa shape index (κ1) is 16.7. The van der Waals surface area contributed by atoms with Gasteiger partial charge in [0.1, 0.15) is 5.75 Å². The number of fused-ring (bicyclic) bond motifs is 1. The molecule has 0 radical (unpaired) electrons. The van der Waals surface area contributed by atoms with Crippen LogP contribution in [0, 0.1) is 0 Å². The van der Waals surface area contributed by atoms with Crippen molar-refractivity contribution in [3.8, 4) is 5.75 Å². The summed E-state index contributed by atoms with van der Waals surface area (Å²) in [4.78, 5) is 36.8. The van der Waals surface area contributed by atoms with Gasteiger partial charge in [-0.3, -0.25) is 19.9 Å². The zero-order valence-corrected chi connectivity index (χ0v) is 14.2. The molecule has 0 bridgehead atoms. The van der Waals surface area contributed by atoms with Gasteiger partial charge in [-0.2, -0.15) is 4.98 Å². The van der Waals surface area contributed by atoms with Gasteiger partial charge in [0.25, 0.3) is 11.5 Å². The summed E-state index contributed by atoms with van der Waals surface area (Å²) in [6.45, 7) is 6.18. The van der Waals surface area contributed by atoms with Gasteiger partial charge in [-0.05, 0) is 23.1 Å². The van der Waals surface area contributed by atoms with E-state index in [0.717, 1.165) is 0 Å². The van der Waals surface area contributed by atoms with E-state index in [1.807, 2.05) is 24.3 Å². The highest BCUT2D eigenvalue weighted by Crippen LogP contribution is 2.24. The largest absolute Gasteiger partial charge is 0.484 e. The molecular weight excluding hydrogens is 322 g/mol. The second-order valence-corrected chi connectivity index (χ2v) is 6.63. The Kier molecular flexibility index (Phi) is 4.26. The van der Waals surface area contributed by atoms with Crippen molar-refractivity contribution in [2.75, 3.05) is 11.9 Å². The smallest absolute Gasteiger partial charge is 0.280 e. The normalized spacial score (nSPS) is 11.5. The number of anilines is 1. The predicted molar refractivity (Wildman–Crippen MR) is 93.8 cm³/mol. The van der Waals surface area contributed by atoms with Crippen LogP contribution in [0.1, 0.15) is 26.3 Å². The molecule has 0 aliphatic heterocycles. The van der Waals surface area contributed by atoms with Crippen molar-refractivity contribution < 1.29 is 9.53 Å². The Morgan fingerprint density at radius 3 is 2.64 bits per heavy atom. The minimum absolute atomic E-state index is 0.0402. The molecule has 2 aromatic heterocycles. The lowest BCUT2D eigenvalue weighted by Crippen LogP contribution is -2.23. The van der Waals surface area contributed by atoms with Crippen LogP contribution in [0.4, 0.5) is 5.95 Å². The number of H-pyrrole nitrogens is 2. The maximum absolute atomic E-state index is 12.0. The lowest BCUT2D eigenvalue weighted by molar-refractivity contribution is -0.118. The van der Waals surface area contributed by atoms with Gasteiger partial charge in [-0.15, -0.1) is 0 Å². The fourth-order valence-electron chi connectivity index (χ4n) is 2.27. The minimum atomic E-state index is -0.430. The number of imidazole rings is 1. The molecule has 3 rings (SSSR count). The van der Waals surface area contributed by atoms with Gasteiger partial charge >= 0.3 is 0 Å². The van der Waals surface area contributed by atoms with Crippen LogP contribution in [0.15, 0.2) is 35.4 Å². The monoisotopic (exact) mass is 341 g/mol. The van der Waals surface area contributed by atoms with E-state index in [4.69, 9.17) is 4.74 Å². The van der Waals surface area contributed by atoms with E-state index in [9.17, 15) is 9.59 Å². The number of carbonyl (C=O) groups is 1. The minimum Gasteiger partial charge on any atom is -0.484 e. The highest BCUT2D eigenvalue weighted by Gasteiger charge is 2.13. The van der Waals surface area contributed by atoms with Crippen molar-refractivity contribution in [2.24, 2.45) is 0 Å². The molecule has 8 nitrogen and oxygen atoms in total. The molecule has 0 saturated heterocycles. The average Bonchev–Trinajstić information content (AvgIpc) is 3.01. The number of aromatic amines is 2. The highest BCUT2D eigenvalue weighted by molar-refractivity contribution is 5.90. The van der Waals surface area contributed by atoms with Crippen LogP contribution in [0.25, 0.3) is 11.2 Å². The van der Waals surface area contributed by atoms with E-state index in [2.05, 4.69) is 46.0 Å². The zero-order valence-electron chi connectivity index (χ0n) is 14.2. The molecule has 130 valence electrons. The molecule has 3 N–H and O–H groups in total. The molecule has 0 spiro atoms.